The minimum atomic E-state index is -5.29. The highest BCUT2D eigenvalue weighted by Gasteiger charge is 2.62. The number of hydrogen-bond acceptors (Lipinski definition) is 4. The quantitative estimate of drug-likeness (QED) is 0.740. The van der Waals surface area contributed by atoms with Crippen molar-refractivity contribution < 1.29 is 32.6 Å². The Morgan fingerprint density at radius 1 is 1.14 bits per heavy atom. The van der Waals surface area contributed by atoms with Gasteiger partial charge in [-0.15, -0.1) is 0 Å². The summed E-state index contributed by atoms with van der Waals surface area (Å²) in [6.45, 7) is 0. The highest BCUT2D eigenvalue weighted by molar-refractivity contribution is 6.30. The molecule has 2 rings (SSSR count). The van der Waals surface area contributed by atoms with E-state index in [0.29, 0.717) is 10.7 Å². The summed E-state index contributed by atoms with van der Waals surface area (Å²) in [5, 5.41) is 12.9. The van der Waals surface area contributed by atoms with Crippen molar-refractivity contribution in [1.29, 1.82) is 0 Å². The van der Waals surface area contributed by atoms with E-state index in [1.54, 1.807) is 18.2 Å². The zero-order valence-electron chi connectivity index (χ0n) is 14.7. The molecule has 0 aliphatic heterocycles. The number of ether oxygens (including phenoxy) is 1. The second-order valence-corrected chi connectivity index (χ2v) is 6.18. The third-order valence-corrected chi connectivity index (χ3v) is 4.18. The summed E-state index contributed by atoms with van der Waals surface area (Å²) in [6, 6.07) is 9.93. The maximum Gasteiger partial charge on any atom is 0.432 e. The zero-order chi connectivity index (χ0) is 21.1. The Kier molecular flexibility index (Phi) is 6.20. The van der Waals surface area contributed by atoms with Gasteiger partial charge in [-0.05, 0) is 30.3 Å². The minimum absolute atomic E-state index is 0.220. The van der Waals surface area contributed by atoms with Crippen molar-refractivity contribution in [3.63, 3.8) is 0 Å². The molecule has 0 fully saturated rings. The van der Waals surface area contributed by atoms with Gasteiger partial charge in [-0.25, -0.2) is 9.59 Å². The molecule has 150 valence electrons. The molecule has 0 heterocycles. The van der Waals surface area contributed by atoms with Crippen LogP contribution in [0, 0.1) is 0 Å². The van der Waals surface area contributed by atoms with E-state index in [1.165, 1.54) is 13.1 Å². The largest absolute Gasteiger partial charge is 0.466 e. The Morgan fingerprint density at radius 2 is 1.75 bits per heavy atom. The van der Waals surface area contributed by atoms with E-state index in [1.807, 2.05) is 0 Å². The highest BCUT2D eigenvalue weighted by atomic mass is 35.5. The second-order valence-electron chi connectivity index (χ2n) is 5.75. The van der Waals surface area contributed by atoms with Crippen LogP contribution in [0.4, 0.5) is 29.3 Å². The smallest absolute Gasteiger partial charge is 0.432 e. The van der Waals surface area contributed by atoms with Crippen LogP contribution in [-0.2, 0) is 15.1 Å². The summed E-state index contributed by atoms with van der Waals surface area (Å²) >= 11 is 5.84. The standard InChI is InChI=1S/C18H16ClF3N2O4/c1-24(16(26)23-13-5-3-4-12(19)10-13)14-8-6-11(7-9-14)17(27,15(25)28-2)18(20,21)22/h3-10,27H,1-2H3,(H,23,26)/t17-/m1/s1. The number of alkyl halides is 3. The fourth-order valence-corrected chi connectivity index (χ4v) is 2.55. The first kappa shape index (κ1) is 21.5. The number of aliphatic hydroxyl groups is 1. The number of urea groups is 1. The van der Waals surface area contributed by atoms with Crippen LogP contribution < -0.4 is 10.2 Å². The molecule has 6 nitrogen and oxygen atoms in total. The first-order valence-electron chi connectivity index (χ1n) is 7.79. The number of esters is 1. The Labute approximate surface area is 163 Å². The molecule has 28 heavy (non-hydrogen) atoms. The van der Waals surface area contributed by atoms with Crippen molar-refractivity contribution in [3.05, 3.63) is 59.1 Å². The fraction of sp³-hybridized carbons (Fsp3) is 0.222. The number of rotatable bonds is 4. The number of methoxy groups -OCH3 is 1. The average Bonchev–Trinajstić information content (AvgIpc) is 2.65. The lowest BCUT2D eigenvalue weighted by Crippen LogP contribution is -2.49. The van der Waals surface area contributed by atoms with Gasteiger partial charge in [0.15, 0.2) is 0 Å². The topological polar surface area (TPSA) is 78.9 Å². The molecule has 0 saturated carbocycles. The normalized spacial score (nSPS) is 13.4. The minimum Gasteiger partial charge on any atom is -0.466 e. The maximum atomic E-state index is 13.3. The van der Waals surface area contributed by atoms with Gasteiger partial charge < -0.3 is 15.2 Å². The Hall–Kier alpha value is -2.78. The molecule has 2 aromatic carbocycles. The molecular formula is C18H16ClF3N2O4. The highest BCUT2D eigenvalue weighted by Crippen LogP contribution is 2.40. The molecule has 0 aromatic heterocycles. The SMILES string of the molecule is COC(=O)[C@](O)(c1ccc(N(C)C(=O)Nc2cccc(Cl)c2)cc1)C(F)(F)F. The average molecular weight is 417 g/mol. The number of carbonyl (C=O) groups excluding carboxylic acids is 2. The van der Waals surface area contributed by atoms with Crippen molar-refractivity contribution >= 4 is 35.0 Å². The molecule has 1 atom stereocenters. The van der Waals surface area contributed by atoms with Gasteiger partial charge >= 0.3 is 18.2 Å². The summed E-state index contributed by atoms with van der Waals surface area (Å²) in [7, 11) is 2.13. The molecule has 0 unspecified atom stereocenters. The first-order chi connectivity index (χ1) is 13.0. The van der Waals surface area contributed by atoms with Crippen molar-refractivity contribution in [2.24, 2.45) is 0 Å². The van der Waals surface area contributed by atoms with E-state index in [2.05, 4.69) is 10.1 Å². The Bertz CT molecular complexity index is 874. The predicted octanol–water partition coefficient (Wildman–Crippen LogP) is 3.93. The molecule has 0 saturated heterocycles. The number of nitrogens with one attached hydrogen (secondary N) is 1. The van der Waals surface area contributed by atoms with Gasteiger partial charge in [0.25, 0.3) is 5.60 Å². The molecular weight excluding hydrogens is 401 g/mol. The van der Waals surface area contributed by atoms with Gasteiger partial charge in [-0.1, -0.05) is 29.8 Å². The summed E-state index contributed by atoms with van der Waals surface area (Å²) in [4.78, 5) is 25.0. The van der Waals surface area contributed by atoms with E-state index in [4.69, 9.17) is 11.6 Å². The molecule has 0 bridgehead atoms. The Morgan fingerprint density at radius 3 is 2.25 bits per heavy atom. The van der Waals surface area contributed by atoms with E-state index < -0.39 is 29.3 Å². The maximum absolute atomic E-state index is 13.3. The molecule has 0 radical (unpaired) electrons. The predicted molar refractivity (Wildman–Crippen MR) is 97.3 cm³/mol. The Balaban J connectivity index is 2.25. The molecule has 2 aromatic rings. The van der Waals surface area contributed by atoms with Crippen molar-refractivity contribution in [2.45, 2.75) is 11.8 Å². The summed E-state index contributed by atoms with van der Waals surface area (Å²) in [5.41, 5.74) is -3.91. The number of anilines is 2. The first-order valence-corrected chi connectivity index (χ1v) is 8.17. The summed E-state index contributed by atoms with van der Waals surface area (Å²) in [6.07, 6.45) is -5.29. The van der Waals surface area contributed by atoms with E-state index >= 15 is 0 Å². The number of benzene rings is 2. The van der Waals surface area contributed by atoms with Gasteiger partial charge in [-0.3, -0.25) is 4.90 Å². The van der Waals surface area contributed by atoms with Crippen LogP contribution in [0.25, 0.3) is 0 Å². The molecule has 0 aliphatic rings. The molecule has 2 N–H and O–H groups in total. The number of hydrogen-bond donors (Lipinski definition) is 2. The van der Waals surface area contributed by atoms with Crippen LogP contribution in [0.1, 0.15) is 5.56 Å². The van der Waals surface area contributed by atoms with Gasteiger partial charge in [0, 0.05) is 29.0 Å². The number of amides is 2. The molecule has 10 heteroatoms. The zero-order valence-corrected chi connectivity index (χ0v) is 15.5. The van der Waals surface area contributed by atoms with Crippen LogP contribution >= 0.6 is 11.6 Å². The monoisotopic (exact) mass is 416 g/mol. The van der Waals surface area contributed by atoms with Crippen LogP contribution in [0.3, 0.4) is 0 Å². The van der Waals surface area contributed by atoms with E-state index in [-0.39, 0.29) is 5.69 Å². The number of halogens is 4. The van der Waals surface area contributed by atoms with Gasteiger partial charge in [0.2, 0.25) is 0 Å². The van der Waals surface area contributed by atoms with Crippen LogP contribution in [0.5, 0.6) is 0 Å². The molecule has 0 spiro atoms. The van der Waals surface area contributed by atoms with Crippen LogP contribution in [0.15, 0.2) is 48.5 Å². The lowest BCUT2D eigenvalue weighted by Gasteiger charge is -2.28. The van der Waals surface area contributed by atoms with Gasteiger partial charge in [0.05, 0.1) is 7.11 Å². The van der Waals surface area contributed by atoms with Crippen LogP contribution in [-0.4, -0.2) is 37.4 Å². The van der Waals surface area contributed by atoms with Crippen molar-refractivity contribution in [2.75, 3.05) is 24.4 Å². The van der Waals surface area contributed by atoms with Gasteiger partial charge in [0.1, 0.15) is 0 Å². The lowest BCUT2D eigenvalue weighted by atomic mass is 9.93. The third-order valence-electron chi connectivity index (χ3n) is 3.94. The lowest BCUT2D eigenvalue weighted by molar-refractivity contribution is -0.266. The van der Waals surface area contributed by atoms with Gasteiger partial charge in [-0.2, -0.15) is 13.2 Å². The van der Waals surface area contributed by atoms with E-state index in [0.717, 1.165) is 36.3 Å². The summed E-state index contributed by atoms with van der Waals surface area (Å²) < 4.78 is 43.9. The van der Waals surface area contributed by atoms with Crippen molar-refractivity contribution in [3.8, 4) is 0 Å². The van der Waals surface area contributed by atoms with E-state index in [9.17, 15) is 27.9 Å². The fourth-order valence-electron chi connectivity index (χ4n) is 2.36. The second kappa shape index (κ2) is 8.07. The summed E-state index contributed by atoms with van der Waals surface area (Å²) in [5.74, 6) is -1.86. The molecule has 0 aliphatic carbocycles. The third kappa shape index (κ3) is 4.20. The number of carbonyl (C=O) groups is 2. The molecule has 2 amide bonds. The van der Waals surface area contributed by atoms with Crippen LogP contribution in [0.2, 0.25) is 5.02 Å². The van der Waals surface area contributed by atoms with Crippen molar-refractivity contribution in [1.82, 2.24) is 0 Å². The number of nitrogens with zero attached hydrogens (tertiary/aromatic N) is 1.